The third kappa shape index (κ3) is 10.3. The monoisotopic (exact) mass is 246 g/mol. The summed E-state index contributed by atoms with van der Waals surface area (Å²) in [5.74, 6) is -0.235. The first-order chi connectivity index (χ1) is 7.66. The first kappa shape index (κ1) is 16.4. The average molecular weight is 246 g/mol. The number of hydrogen-bond acceptors (Lipinski definition) is 4. The highest BCUT2D eigenvalue weighted by atomic mass is 17.1. The van der Waals surface area contributed by atoms with Crippen LogP contribution in [0, 0.1) is 5.41 Å². The molecule has 0 saturated carbocycles. The summed E-state index contributed by atoms with van der Waals surface area (Å²) in [6, 6.07) is 0. The number of carbonyl (C=O) groups excluding carboxylic acids is 1. The van der Waals surface area contributed by atoms with Crippen LogP contribution in [0.4, 0.5) is 0 Å². The van der Waals surface area contributed by atoms with E-state index in [0.29, 0.717) is 11.8 Å². The molecule has 0 fully saturated rings. The van der Waals surface area contributed by atoms with E-state index < -0.39 is 5.60 Å². The maximum absolute atomic E-state index is 11.5. The molecule has 0 radical (unpaired) electrons. The highest BCUT2D eigenvalue weighted by molar-refractivity contribution is 5.69. The number of hydrogen-bond donors (Lipinski definition) is 1. The molecular formula is C13H26O4. The molecule has 0 bridgehead atoms. The molecule has 4 heteroatoms. The zero-order chi connectivity index (χ0) is 13.5. The molecule has 0 heterocycles. The van der Waals surface area contributed by atoms with Gasteiger partial charge in [-0.15, -0.1) is 0 Å². The van der Waals surface area contributed by atoms with Gasteiger partial charge in [0.1, 0.15) is 12.2 Å². The smallest absolute Gasteiger partial charge is 0.306 e. The normalized spacial score (nSPS) is 12.6. The number of carbonyl (C=O) groups is 1. The lowest BCUT2D eigenvalue weighted by atomic mass is 9.89. The van der Waals surface area contributed by atoms with Crippen molar-refractivity contribution in [2.24, 2.45) is 5.41 Å². The molecule has 0 saturated heterocycles. The molecule has 0 unspecified atom stereocenters. The largest absolute Gasteiger partial charge is 0.457 e. The molecule has 1 N–H and O–H groups in total. The molecule has 0 rings (SSSR count). The summed E-state index contributed by atoms with van der Waals surface area (Å²) in [7, 11) is 0. The molecule has 0 aromatic rings. The second-order valence-electron chi connectivity index (χ2n) is 6.27. The summed E-state index contributed by atoms with van der Waals surface area (Å²) >= 11 is 0. The van der Waals surface area contributed by atoms with Gasteiger partial charge in [0.05, 0.1) is 0 Å². The molecule has 17 heavy (non-hydrogen) atoms. The van der Waals surface area contributed by atoms with E-state index in [9.17, 15) is 4.79 Å². The van der Waals surface area contributed by atoms with Crippen LogP contribution in [-0.2, 0) is 14.4 Å². The molecule has 0 spiro atoms. The lowest BCUT2D eigenvalue weighted by molar-refractivity contribution is -0.270. The predicted octanol–water partition coefficient (Wildman–Crippen LogP) is 3.40. The maximum Gasteiger partial charge on any atom is 0.306 e. The van der Waals surface area contributed by atoms with E-state index >= 15 is 0 Å². The Hall–Kier alpha value is -0.610. The molecule has 0 aliphatic rings. The Bertz CT molecular complexity index is 228. The molecule has 0 atom stereocenters. The highest BCUT2D eigenvalue weighted by Gasteiger charge is 2.23. The Morgan fingerprint density at radius 1 is 1.12 bits per heavy atom. The van der Waals surface area contributed by atoms with Crippen LogP contribution < -0.4 is 0 Å². The third-order valence-corrected chi connectivity index (χ3v) is 2.36. The Kier molecular flexibility index (Phi) is 6.72. The lowest BCUT2D eigenvalue weighted by Crippen LogP contribution is -2.33. The first-order valence-corrected chi connectivity index (χ1v) is 6.14. The van der Waals surface area contributed by atoms with Crippen molar-refractivity contribution >= 4 is 5.97 Å². The van der Waals surface area contributed by atoms with Gasteiger partial charge in [-0.3, -0.25) is 10.1 Å². The second kappa shape index (κ2) is 6.97. The molecule has 0 aromatic carbocycles. The van der Waals surface area contributed by atoms with Crippen LogP contribution in [0.5, 0.6) is 0 Å². The number of ether oxygens (including phenoxy) is 1. The maximum atomic E-state index is 11.5. The summed E-state index contributed by atoms with van der Waals surface area (Å²) in [5.41, 5.74) is -0.455. The van der Waals surface area contributed by atoms with Crippen LogP contribution in [0.15, 0.2) is 0 Å². The molecule has 0 aromatic heterocycles. The summed E-state index contributed by atoms with van der Waals surface area (Å²) < 4.78 is 5.19. The zero-order valence-electron chi connectivity index (χ0n) is 11.7. The van der Waals surface area contributed by atoms with E-state index in [-0.39, 0.29) is 12.6 Å². The number of rotatable bonds is 7. The van der Waals surface area contributed by atoms with Gasteiger partial charge in [0.2, 0.25) is 0 Å². The summed E-state index contributed by atoms with van der Waals surface area (Å²) in [4.78, 5) is 15.5. The van der Waals surface area contributed by atoms with Crippen molar-refractivity contribution in [3.8, 4) is 0 Å². The van der Waals surface area contributed by atoms with Crippen LogP contribution in [0.1, 0.15) is 60.3 Å². The minimum atomic E-state index is -0.768. The topological polar surface area (TPSA) is 55.8 Å². The molecule has 0 aliphatic heterocycles. The summed E-state index contributed by atoms with van der Waals surface area (Å²) in [5, 5.41) is 8.33. The Morgan fingerprint density at radius 3 is 2.18 bits per heavy atom. The van der Waals surface area contributed by atoms with E-state index in [1.807, 2.05) is 0 Å². The van der Waals surface area contributed by atoms with Crippen LogP contribution in [0.3, 0.4) is 0 Å². The molecule has 102 valence electrons. The van der Waals surface area contributed by atoms with Gasteiger partial charge in [-0.2, -0.15) is 0 Å². The van der Waals surface area contributed by atoms with Crippen LogP contribution >= 0.6 is 0 Å². The molecule has 0 amide bonds. The fourth-order valence-electron chi connectivity index (χ4n) is 1.47. The number of esters is 1. The number of unbranched alkanes of at least 4 members (excludes halogenated alkanes) is 1. The first-order valence-electron chi connectivity index (χ1n) is 6.14. The Labute approximate surface area is 104 Å². The lowest BCUT2D eigenvalue weighted by Gasteiger charge is -2.23. The van der Waals surface area contributed by atoms with E-state index in [1.54, 1.807) is 13.8 Å². The Morgan fingerprint density at radius 2 is 1.71 bits per heavy atom. The van der Waals surface area contributed by atoms with Crippen molar-refractivity contribution in [3.63, 3.8) is 0 Å². The van der Waals surface area contributed by atoms with Gasteiger partial charge < -0.3 is 4.74 Å². The SMILES string of the molecule is CC(C)(C)CCCCC(=O)OC(C)(C)COO. The van der Waals surface area contributed by atoms with Crippen molar-refractivity contribution in [1.29, 1.82) is 0 Å². The Balaban J connectivity index is 3.74. The highest BCUT2D eigenvalue weighted by Crippen LogP contribution is 2.22. The van der Waals surface area contributed by atoms with E-state index in [2.05, 4.69) is 25.7 Å². The van der Waals surface area contributed by atoms with Gasteiger partial charge in [0.15, 0.2) is 0 Å². The van der Waals surface area contributed by atoms with Crippen LogP contribution in [-0.4, -0.2) is 23.4 Å². The summed E-state index contributed by atoms with van der Waals surface area (Å²) in [6.07, 6.45) is 3.38. The molecule has 0 aliphatic carbocycles. The quantitative estimate of drug-likeness (QED) is 0.324. The van der Waals surface area contributed by atoms with Gasteiger partial charge >= 0.3 is 5.97 Å². The fraction of sp³-hybridized carbons (Fsp3) is 0.923. The van der Waals surface area contributed by atoms with E-state index in [0.717, 1.165) is 19.3 Å². The van der Waals surface area contributed by atoms with Crippen molar-refractivity contribution in [2.45, 2.75) is 65.9 Å². The van der Waals surface area contributed by atoms with E-state index in [1.165, 1.54) is 0 Å². The standard InChI is InChI=1S/C13H26O4/c1-12(2,3)9-7-6-8-11(14)17-13(4,5)10-16-15/h15H,6-10H2,1-5H3. The third-order valence-electron chi connectivity index (χ3n) is 2.36. The van der Waals surface area contributed by atoms with Crippen LogP contribution in [0.25, 0.3) is 0 Å². The fourth-order valence-corrected chi connectivity index (χ4v) is 1.47. The van der Waals surface area contributed by atoms with Crippen LogP contribution in [0.2, 0.25) is 0 Å². The summed E-state index contributed by atoms with van der Waals surface area (Å²) in [6.45, 7) is 9.96. The minimum Gasteiger partial charge on any atom is -0.457 e. The average Bonchev–Trinajstić information content (AvgIpc) is 2.09. The van der Waals surface area contributed by atoms with Crippen molar-refractivity contribution in [3.05, 3.63) is 0 Å². The van der Waals surface area contributed by atoms with Gasteiger partial charge in [0.25, 0.3) is 0 Å². The predicted molar refractivity (Wildman–Crippen MR) is 66.7 cm³/mol. The van der Waals surface area contributed by atoms with E-state index in [4.69, 9.17) is 9.99 Å². The second-order valence-corrected chi connectivity index (χ2v) is 6.27. The van der Waals surface area contributed by atoms with Gasteiger partial charge in [-0.05, 0) is 32.1 Å². The minimum absolute atomic E-state index is 0.0132. The van der Waals surface area contributed by atoms with Gasteiger partial charge in [0, 0.05) is 6.42 Å². The van der Waals surface area contributed by atoms with Crippen molar-refractivity contribution in [2.75, 3.05) is 6.61 Å². The van der Waals surface area contributed by atoms with Gasteiger partial charge in [-0.25, -0.2) is 4.89 Å². The van der Waals surface area contributed by atoms with Gasteiger partial charge in [-0.1, -0.05) is 27.2 Å². The molecular weight excluding hydrogens is 220 g/mol. The molecule has 4 nitrogen and oxygen atoms in total. The van der Waals surface area contributed by atoms with Crippen molar-refractivity contribution < 1.29 is 19.7 Å². The van der Waals surface area contributed by atoms with Crippen molar-refractivity contribution in [1.82, 2.24) is 0 Å². The zero-order valence-corrected chi connectivity index (χ0v) is 11.7.